The molecular weight excluding hydrogens is 534 g/mol. The van der Waals surface area contributed by atoms with Crippen molar-refractivity contribution in [2.45, 2.75) is 83.5 Å². The highest BCUT2D eigenvalue weighted by Crippen LogP contribution is 2.46. The molecule has 2 heterocycles. The molecule has 0 aromatic heterocycles. The molecule has 1 N–H and O–H groups in total. The van der Waals surface area contributed by atoms with E-state index in [4.69, 9.17) is 9.47 Å². The summed E-state index contributed by atoms with van der Waals surface area (Å²) in [4.78, 5) is 45.1. The summed E-state index contributed by atoms with van der Waals surface area (Å²) in [6.45, 7) is 6.23. The van der Waals surface area contributed by atoms with Crippen LogP contribution in [0.4, 0.5) is 0 Å². The van der Waals surface area contributed by atoms with E-state index < -0.39 is 11.9 Å². The lowest BCUT2D eigenvalue weighted by molar-refractivity contribution is -0.144. The van der Waals surface area contributed by atoms with Gasteiger partial charge in [-0.05, 0) is 107 Å². The van der Waals surface area contributed by atoms with Crippen molar-refractivity contribution in [2.75, 3.05) is 53.6 Å². The van der Waals surface area contributed by atoms with E-state index in [2.05, 4.69) is 25.9 Å². The van der Waals surface area contributed by atoms with E-state index >= 15 is 0 Å². The molecule has 42 heavy (non-hydrogen) atoms. The topological polar surface area (TPSA) is 99.6 Å². The third-order valence-electron chi connectivity index (χ3n) is 9.41. The average Bonchev–Trinajstić information content (AvgIpc) is 3.55. The Morgan fingerprint density at radius 2 is 1.81 bits per heavy atom. The summed E-state index contributed by atoms with van der Waals surface area (Å²) in [6.07, 6.45) is 8.84. The Kier molecular flexibility index (Phi) is 11.9. The number of nitrogens with zero attached hydrogens (tertiary/aromatic N) is 3. The van der Waals surface area contributed by atoms with Crippen molar-refractivity contribution in [2.24, 2.45) is 17.8 Å². The van der Waals surface area contributed by atoms with Crippen molar-refractivity contribution in [1.82, 2.24) is 14.7 Å². The lowest BCUT2D eigenvalue weighted by Crippen LogP contribution is -2.35. The predicted octanol–water partition coefficient (Wildman–Crippen LogP) is 4.99. The molecule has 1 saturated carbocycles. The summed E-state index contributed by atoms with van der Waals surface area (Å²) in [5.41, 5.74) is 0.930. The van der Waals surface area contributed by atoms with Crippen LogP contribution >= 0.6 is 0 Å². The number of ether oxygens (including phenoxy) is 2. The number of hydrogen-bond donors (Lipinski definition) is 1. The van der Waals surface area contributed by atoms with E-state index in [0.29, 0.717) is 43.7 Å². The quantitative estimate of drug-likeness (QED) is 0.229. The monoisotopic (exact) mass is 585 g/mol. The summed E-state index contributed by atoms with van der Waals surface area (Å²) >= 11 is 0. The Morgan fingerprint density at radius 3 is 2.52 bits per heavy atom. The van der Waals surface area contributed by atoms with Crippen LogP contribution in [0, 0.1) is 17.8 Å². The fraction of sp³-hybridized carbons (Fsp3) is 0.727. The Hall–Kier alpha value is -2.81. The molecule has 2 amide bonds. The number of carboxylic acid groups (broad SMARTS) is 1. The molecule has 4 rings (SSSR count). The van der Waals surface area contributed by atoms with Crippen molar-refractivity contribution in [1.29, 1.82) is 0 Å². The molecule has 9 heteroatoms. The van der Waals surface area contributed by atoms with Crippen LogP contribution in [-0.4, -0.2) is 91.2 Å². The van der Waals surface area contributed by atoms with E-state index in [1.54, 1.807) is 0 Å². The number of fused-ring (bicyclic) bond motifs is 1. The number of amides is 2. The van der Waals surface area contributed by atoms with Crippen LogP contribution in [-0.2, 0) is 14.4 Å². The lowest BCUT2D eigenvalue weighted by atomic mass is 9.74. The normalized spacial score (nSPS) is 23.8. The smallest absolute Gasteiger partial charge is 0.307 e. The molecule has 9 nitrogen and oxygen atoms in total. The standard InChI is InChI=1S/C33H51N3O6/c1-4-5-16-35(17-7-6-15-34(2)3)31(38)21-24-10-11-25(14-19-36-18-8-9-30(36)37)32(33(39)40)27(20-24)26-12-13-28-29(22-26)42-23-41-28/h12-13,22,24-25,27,32H,4-11,14-21,23H2,1-3H3,(H,39,40)/t24?,25-,27+,32-/m0/s1. The number of carbonyl (C=O) groups excluding carboxylic acids is 2. The van der Waals surface area contributed by atoms with Gasteiger partial charge in [-0.15, -0.1) is 0 Å². The Bertz CT molecular complexity index is 1060. The van der Waals surface area contributed by atoms with Crippen LogP contribution in [0.5, 0.6) is 11.5 Å². The van der Waals surface area contributed by atoms with Crippen molar-refractivity contribution in [3.05, 3.63) is 23.8 Å². The Balaban J connectivity index is 1.52. The van der Waals surface area contributed by atoms with E-state index in [1.165, 1.54) is 0 Å². The van der Waals surface area contributed by atoms with Crippen LogP contribution in [0.1, 0.15) is 89.0 Å². The largest absolute Gasteiger partial charge is 0.481 e. The first-order valence-corrected chi connectivity index (χ1v) is 16.1. The summed E-state index contributed by atoms with van der Waals surface area (Å²) in [6, 6.07) is 5.78. The van der Waals surface area contributed by atoms with Gasteiger partial charge in [0.2, 0.25) is 18.6 Å². The van der Waals surface area contributed by atoms with Gasteiger partial charge in [0, 0.05) is 39.0 Å². The van der Waals surface area contributed by atoms with Crippen molar-refractivity contribution in [3.8, 4) is 11.5 Å². The molecule has 4 atom stereocenters. The molecule has 1 aliphatic carbocycles. The first-order valence-electron chi connectivity index (χ1n) is 16.1. The third-order valence-corrected chi connectivity index (χ3v) is 9.41. The molecule has 1 aromatic carbocycles. The number of carbonyl (C=O) groups is 3. The van der Waals surface area contributed by atoms with Crippen LogP contribution < -0.4 is 9.47 Å². The van der Waals surface area contributed by atoms with Gasteiger partial charge in [-0.3, -0.25) is 14.4 Å². The highest BCUT2D eigenvalue weighted by Gasteiger charge is 2.41. The number of benzene rings is 1. The summed E-state index contributed by atoms with van der Waals surface area (Å²) < 4.78 is 11.2. The highest BCUT2D eigenvalue weighted by molar-refractivity contribution is 5.78. The second kappa shape index (κ2) is 15.6. The first kappa shape index (κ1) is 32.1. The second-order valence-corrected chi connectivity index (χ2v) is 12.7. The minimum atomic E-state index is -0.798. The maximum absolute atomic E-state index is 13.7. The number of unbranched alkanes of at least 4 members (excludes halogenated alkanes) is 2. The molecular formula is C33H51N3O6. The SMILES string of the molecule is CCCCN(CCCCN(C)C)C(=O)CC1CC[C@@H](CCN2CCCC2=O)[C@H](C(=O)O)[C@@H](c2ccc3c(c2)OCO3)C1. The Morgan fingerprint density at radius 1 is 1.05 bits per heavy atom. The molecule has 2 aliphatic heterocycles. The maximum atomic E-state index is 13.7. The molecule has 1 saturated heterocycles. The molecule has 1 unspecified atom stereocenters. The van der Waals surface area contributed by atoms with E-state index in [0.717, 1.165) is 76.7 Å². The molecule has 1 aromatic rings. The third kappa shape index (κ3) is 8.62. The number of carboxylic acids is 1. The Labute approximate surface area is 251 Å². The van der Waals surface area contributed by atoms with E-state index in [9.17, 15) is 19.5 Å². The minimum absolute atomic E-state index is 0.0753. The van der Waals surface area contributed by atoms with Gasteiger partial charge in [-0.1, -0.05) is 19.4 Å². The first-order chi connectivity index (χ1) is 20.3. The number of likely N-dealkylation sites (tertiary alicyclic amines) is 1. The van der Waals surface area contributed by atoms with Gasteiger partial charge in [0.25, 0.3) is 0 Å². The van der Waals surface area contributed by atoms with Crippen LogP contribution in [0.3, 0.4) is 0 Å². The summed E-state index contributed by atoms with van der Waals surface area (Å²) in [5, 5.41) is 10.6. The number of aliphatic carboxylic acids is 1. The number of rotatable bonds is 15. The molecule has 3 aliphatic rings. The highest BCUT2D eigenvalue weighted by atomic mass is 16.7. The van der Waals surface area contributed by atoms with Gasteiger partial charge in [0.05, 0.1) is 5.92 Å². The summed E-state index contributed by atoms with van der Waals surface area (Å²) in [5.74, 6) is 0.0682. The van der Waals surface area contributed by atoms with Gasteiger partial charge in [-0.25, -0.2) is 0 Å². The summed E-state index contributed by atoms with van der Waals surface area (Å²) in [7, 11) is 4.15. The fourth-order valence-corrected chi connectivity index (χ4v) is 7.03. The lowest BCUT2D eigenvalue weighted by Gasteiger charge is -2.31. The van der Waals surface area contributed by atoms with Crippen molar-refractivity contribution >= 4 is 17.8 Å². The number of hydrogen-bond acceptors (Lipinski definition) is 6. The van der Waals surface area contributed by atoms with Gasteiger partial charge in [0.1, 0.15) is 0 Å². The molecule has 2 fully saturated rings. The maximum Gasteiger partial charge on any atom is 0.307 e. The zero-order valence-electron chi connectivity index (χ0n) is 25.9. The van der Waals surface area contributed by atoms with Crippen molar-refractivity contribution in [3.63, 3.8) is 0 Å². The molecule has 0 spiro atoms. The van der Waals surface area contributed by atoms with E-state index in [1.807, 2.05) is 28.0 Å². The average molecular weight is 586 g/mol. The van der Waals surface area contributed by atoms with Gasteiger partial charge < -0.3 is 29.3 Å². The van der Waals surface area contributed by atoms with Crippen LogP contribution in [0.25, 0.3) is 0 Å². The molecule has 0 radical (unpaired) electrons. The van der Waals surface area contributed by atoms with Gasteiger partial charge in [-0.2, -0.15) is 0 Å². The van der Waals surface area contributed by atoms with Crippen molar-refractivity contribution < 1.29 is 29.0 Å². The van der Waals surface area contributed by atoms with Crippen LogP contribution in [0.15, 0.2) is 18.2 Å². The van der Waals surface area contributed by atoms with Gasteiger partial charge in [0.15, 0.2) is 11.5 Å². The minimum Gasteiger partial charge on any atom is -0.481 e. The predicted molar refractivity (Wildman–Crippen MR) is 162 cm³/mol. The molecule has 0 bridgehead atoms. The molecule has 234 valence electrons. The van der Waals surface area contributed by atoms with E-state index in [-0.39, 0.29) is 36.4 Å². The van der Waals surface area contributed by atoms with Crippen LogP contribution in [0.2, 0.25) is 0 Å². The zero-order chi connectivity index (χ0) is 30.1. The zero-order valence-corrected chi connectivity index (χ0v) is 25.9. The second-order valence-electron chi connectivity index (χ2n) is 12.7. The fourth-order valence-electron chi connectivity index (χ4n) is 7.03. The van der Waals surface area contributed by atoms with Gasteiger partial charge >= 0.3 is 5.97 Å².